The van der Waals surface area contributed by atoms with E-state index in [9.17, 15) is 0 Å². The second-order valence-electron chi connectivity index (χ2n) is 5.08. The number of hydrogen-bond donors (Lipinski definition) is 0. The first-order valence-electron chi connectivity index (χ1n) is 6.73. The molecule has 0 amide bonds. The van der Waals surface area contributed by atoms with E-state index in [1.54, 1.807) is 18.3 Å². The Bertz CT molecular complexity index is 654. The van der Waals surface area contributed by atoms with Crippen LogP contribution in [-0.2, 0) is 0 Å². The maximum Gasteiger partial charge on any atom is 0.224 e. The molecule has 1 fully saturated rings. The van der Waals surface area contributed by atoms with Crippen molar-refractivity contribution >= 4 is 0 Å². The Morgan fingerprint density at radius 1 is 1.30 bits per heavy atom. The van der Waals surface area contributed by atoms with Gasteiger partial charge in [-0.3, -0.25) is 0 Å². The minimum Gasteiger partial charge on any atom is -0.477 e. The van der Waals surface area contributed by atoms with Crippen LogP contribution in [0, 0.1) is 24.2 Å². The van der Waals surface area contributed by atoms with Gasteiger partial charge in [0.05, 0.1) is 23.8 Å². The van der Waals surface area contributed by atoms with Crippen LogP contribution < -0.4 is 4.74 Å². The van der Waals surface area contributed by atoms with Crippen molar-refractivity contribution in [1.29, 1.82) is 5.26 Å². The summed E-state index contributed by atoms with van der Waals surface area (Å²) in [6.45, 7) is 2.58. The topological polar surface area (TPSA) is 58.8 Å². The van der Waals surface area contributed by atoms with Crippen LogP contribution in [0.5, 0.6) is 5.88 Å². The van der Waals surface area contributed by atoms with Crippen molar-refractivity contribution in [1.82, 2.24) is 9.97 Å². The van der Waals surface area contributed by atoms with Gasteiger partial charge >= 0.3 is 0 Å². The van der Waals surface area contributed by atoms with Crippen molar-refractivity contribution in [3.8, 4) is 23.1 Å². The van der Waals surface area contributed by atoms with Crippen LogP contribution in [0.25, 0.3) is 11.1 Å². The lowest BCUT2D eigenvalue weighted by molar-refractivity contribution is 0.288. The molecule has 1 aliphatic rings. The molecule has 3 rings (SSSR count). The summed E-state index contributed by atoms with van der Waals surface area (Å²) in [5.41, 5.74) is 2.48. The maximum atomic E-state index is 8.84. The number of hydrogen-bond acceptors (Lipinski definition) is 4. The highest BCUT2D eigenvalue weighted by Gasteiger charge is 2.23. The van der Waals surface area contributed by atoms with Crippen LogP contribution in [0.2, 0.25) is 0 Å². The smallest absolute Gasteiger partial charge is 0.224 e. The minimum atomic E-state index is 0.633. The largest absolute Gasteiger partial charge is 0.477 e. The molecule has 1 heterocycles. The van der Waals surface area contributed by atoms with E-state index in [0.717, 1.165) is 17.7 Å². The lowest BCUT2D eigenvalue weighted by atomic mass is 10.1. The van der Waals surface area contributed by atoms with E-state index < -0.39 is 0 Å². The molecule has 1 aliphatic carbocycles. The van der Waals surface area contributed by atoms with Gasteiger partial charge in [-0.1, -0.05) is 12.1 Å². The second kappa shape index (κ2) is 5.30. The molecule has 1 saturated carbocycles. The van der Waals surface area contributed by atoms with Crippen molar-refractivity contribution in [3.05, 3.63) is 41.9 Å². The number of nitrogens with zero attached hydrogens (tertiary/aromatic N) is 3. The average molecular weight is 265 g/mol. The van der Waals surface area contributed by atoms with Crippen LogP contribution in [-0.4, -0.2) is 16.6 Å². The number of ether oxygens (including phenoxy) is 1. The molecule has 0 saturated heterocycles. The van der Waals surface area contributed by atoms with Crippen molar-refractivity contribution in [3.63, 3.8) is 0 Å². The molecule has 20 heavy (non-hydrogen) atoms. The van der Waals surface area contributed by atoms with Crippen LogP contribution >= 0.6 is 0 Å². The van der Waals surface area contributed by atoms with E-state index in [2.05, 4.69) is 16.0 Å². The number of aryl methyl sites for hydroxylation is 1. The molecule has 0 aliphatic heterocycles. The highest BCUT2D eigenvalue weighted by Crippen LogP contribution is 2.32. The molecule has 4 heteroatoms. The molecule has 0 radical (unpaired) electrons. The average Bonchev–Trinajstić information content (AvgIpc) is 3.30. The molecule has 1 aromatic heterocycles. The summed E-state index contributed by atoms with van der Waals surface area (Å²) in [6, 6.07) is 9.50. The molecule has 0 N–H and O–H groups in total. The first kappa shape index (κ1) is 12.6. The Morgan fingerprint density at radius 2 is 2.05 bits per heavy atom. The summed E-state index contributed by atoms with van der Waals surface area (Å²) in [6.07, 6.45) is 4.28. The third-order valence-electron chi connectivity index (χ3n) is 3.35. The Morgan fingerprint density at radius 3 is 2.70 bits per heavy atom. The van der Waals surface area contributed by atoms with Crippen molar-refractivity contribution < 1.29 is 4.74 Å². The van der Waals surface area contributed by atoms with Crippen LogP contribution in [0.1, 0.15) is 24.2 Å². The fraction of sp³-hybridized carbons (Fsp3) is 0.312. The Labute approximate surface area is 118 Å². The first-order valence-corrected chi connectivity index (χ1v) is 6.73. The molecule has 1 aromatic carbocycles. The van der Waals surface area contributed by atoms with Gasteiger partial charge in [0.25, 0.3) is 0 Å². The van der Waals surface area contributed by atoms with Crippen LogP contribution in [0.3, 0.4) is 0 Å². The van der Waals surface area contributed by atoms with E-state index in [4.69, 9.17) is 10.00 Å². The van der Waals surface area contributed by atoms with Crippen molar-refractivity contribution in [2.45, 2.75) is 19.8 Å². The predicted molar refractivity (Wildman–Crippen MR) is 75.1 cm³/mol. The second-order valence-corrected chi connectivity index (χ2v) is 5.08. The molecule has 4 nitrogen and oxygen atoms in total. The number of benzene rings is 1. The molecule has 0 spiro atoms. The summed E-state index contributed by atoms with van der Waals surface area (Å²) < 4.78 is 5.84. The van der Waals surface area contributed by atoms with Gasteiger partial charge in [0.2, 0.25) is 5.88 Å². The van der Waals surface area contributed by atoms with Gasteiger partial charge < -0.3 is 4.74 Å². The molecule has 0 unspecified atom stereocenters. The quantitative estimate of drug-likeness (QED) is 0.852. The summed E-state index contributed by atoms with van der Waals surface area (Å²) in [5.74, 6) is 2.02. The molecular weight excluding hydrogens is 250 g/mol. The molecule has 0 atom stereocenters. The maximum absolute atomic E-state index is 8.84. The van der Waals surface area contributed by atoms with E-state index in [0.29, 0.717) is 23.2 Å². The number of rotatable bonds is 4. The van der Waals surface area contributed by atoms with Gasteiger partial charge in [-0.25, -0.2) is 4.98 Å². The van der Waals surface area contributed by atoms with Crippen LogP contribution in [0.4, 0.5) is 0 Å². The Kier molecular flexibility index (Phi) is 3.34. The molecule has 2 aromatic rings. The molecular formula is C16H15N3O. The monoisotopic (exact) mass is 265 g/mol. The Hall–Kier alpha value is -2.41. The highest BCUT2D eigenvalue weighted by molar-refractivity contribution is 5.68. The SMILES string of the molecule is Cc1ncc(-c2ccc(C#N)cc2)c(OCC2CC2)n1. The fourth-order valence-corrected chi connectivity index (χ4v) is 1.96. The van der Waals surface area contributed by atoms with Gasteiger partial charge in [0.15, 0.2) is 0 Å². The summed E-state index contributed by atoms with van der Waals surface area (Å²) in [4.78, 5) is 8.64. The summed E-state index contributed by atoms with van der Waals surface area (Å²) >= 11 is 0. The zero-order valence-corrected chi connectivity index (χ0v) is 11.3. The zero-order valence-electron chi connectivity index (χ0n) is 11.3. The normalized spacial score (nSPS) is 13.8. The van der Waals surface area contributed by atoms with Gasteiger partial charge in [-0.05, 0) is 43.4 Å². The Balaban J connectivity index is 1.91. The minimum absolute atomic E-state index is 0.633. The number of nitriles is 1. The zero-order chi connectivity index (χ0) is 13.9. The van der Waals surface area contributed by atoms with Gasteiger partial charge in [0, 0.05) is 6.20 Å². The first-order chi connectivity index (χ1) is 9.76. The number of aromatic nitrogens is 2. The van der Waals surface area contributed by atoms with Gasteiger partial charge in [-0.15, -0.1) is 0 Å². The van der Waals surface area contributed by atoms with E-state index in [1.807, 2.05) is 19.1 Å². The third kappa shape index (κ3) is 2.77. The third-order valence-corrected chi connectivity index (χ3v) is 3.35. The highest BCUT2D eigenvalue weighted by atomic mass is 16.5. The fourth-order valence-electron chi connectivity index (χ4n) is 1.96. The summed E-state index contributed by atoms with van der Waals surface area (Å²) in [7, 11) is 0. The van der Waals surface area contributed by atoms with Crippen LogP contribution in [0.15, 0.2) is 30.5 Å². The molecule has 0 bridgehead atoms. The lowest BCUT2D eigenvalue weighted by Crippen LogP contribution is -2.04. The van der Waals surface area contributed by atoms with Gasteiger partial charge in [-0.2, -0.15) is 10.2 Å². The molecule has 100 valence electrons. The van der Waals surface area contributed by atoms with Crippen molar-refractivity contribution in [2.75, 3.05) is 6.61 Å². The summed E-state index contributed by atoms with van der Waals surface area (Å²) in [5, 5.41) is 8.84. The van der Waals surface area contributed by atoms with E-state index in [-0.39, 0.29) is 0 Å². The van der Waals surface area contributed by atoms with Gasteiger partial charge in [0.1, 0.15) is 5.82 Å². The van der Waals surface area contributed by atoms with Crippen molar-refractivity contribution in [2.24, 2.45) is 5.92 Å². The van der Waals surface area contributed by atoms with E-state index in [1.165, 1.54) is 12.8 Å². The lowest BCUT2D eigenvalue weighted by Gasteiger charge is -2.10. The predicted octanol–water partition coefficient (Wildman–Crippen LogP) is 3.11. The van der Waals surface area contributed by atoms with E-state index >= 15 is 0 Å². The standard InChI is InChI=1S/C16H15N3O/c1-11-18-9-15(14-6-4-12(8-17)5-7-14)16(19-11)20-10-13-2-3-13/h4-7,9,13H,2-3,10H2,1H3.